The third kappa shape index (κ3) is 4.31. The average Bonchev–Trinajstić information content (AvgIpc) is 2.88. The predicted molar refractivity (Wildman–Crippen MR) is 125 cm³/mol. The zero-order chi connectivity index (χ0) is 25.8. The smallest absolute Gasteiger partial charge is 0.337 e. The van der Waals surface area contributed by atoms with Gasteiger partial charge >= 0.3 is 11.9 Å². The summed E-state index contributed by atoms with van der Waals surface area (Å²) in [6.45, 7) is 4.15. The van der Waals surface area contributed by atoms with Gasteiger partial charge in [0.25, 0.3) is 0 Å². The van der Waals surface area contributed by atoms with Crippen LogP contribution in [0, 0.1) is 40.9 Å². The molecule has 0 heterocycles. The molecule has 8 nitrogen and oxygen atoms in total. The average molecular weight is 475 g/mol. The van der Waals surface area contributed by atoms with Gasteiger partial charge in [0.2, 0.25) is 0 Å². The van der Waals surface area contributed by atoms with E-state index < -0.39 is 40.9 Å². The van der Waals surface area contributed by atoms with E-state index in [2.05, 4.69) is 12.1 Å². The number of nitrogens with zero attached hydrogens (tertiary/aromatic N) is 2. The summed E-state index contributed by atoms with van der Waals surface area (Å²) in [5, 5.41) is 32.4. The van der Waals surface area contributed by atoms with Gasteiger partial charge in [-0.1, -0.05) is 42.0 Å². The van der Waals surface area contributed by atoms with Gasteiger partial charge in [-0.15, -0.1) is 0 Å². The molecule has 1 aliphatic carbocycles. The summed E-state index contributed by atoms with van der Waals surface area (Å²) >= 11 is 0. The minimum absolute atomic E-state index is 0.322. The van der Waals surface area contributed by atoms with Crippen molar-refractivity contribution in [3.63, 3.8) is 0 Å². The number of aliphatic hydroxyl groups is 1. The largest absolute Gasteiger partial charge is 0.511 e. The molecule has 2 aromatic carbocycles. The minimum Gasteiger partial charge on any atom is -0.511 e. The number of carbonyl (C=O) groups excluding carboxylic acids is 2. The van der Waals surface area contributed by atoms with Gasteiger partial charge < -0.3 is 19.3 Å². The third-order valence-corrected chi connectivity index (χ3v) is 6.33. The molecule has 0 bridgehead atoms. The zero-order valence-electron chi connectivity index (χ0n) is 19.9. The first kappa shape index (κ1) is 25.3. The van der Waals surface area contributed by atoms with Crippen LogP contribution in [0.1, 0.15) is 35.4 Å². The Morgan fingerprint density at radius 2 is 1.54 bits per heavy atom. The highest BCUT2D eigenvalue weighted by Crippen LogP contribution is 2.59. The summed E-state index contributed by atoms with van der Waals surface area (Å²) in [4.78, 5) is 25.9. The number of nitriles is 2. The Kier molecular flexibility index (Phi) is 7.46. The molecule has 35 heavy (non-hydrogen) atoms. The number of aliphatic hydroxyl groups excluding tert-OH is 1. The normalized spacial score (nSPS) is 20.8. The van der Waals surface area contributed by atoms with Gasteiger partial charge in [0.1, 0.15) is 17.4 Å². The Morgan fingerprint density at radius 1 is 0.971 bits per heavy atom. The predicted octanol–water partition coefficient (Wildman–Crippen LogP) is 4.08. The standard InChI is InChI=1S/C27H26N2O6/c1-5-35-19-12-10-18(11-13-19)23-21(26(32)34-4)24(30)20(25(31)33-3)22(27(23,14-28)15-29)17-8-6-16(2)7-9-17/h6-13,21-23,30H,5H2,1-4H3. The molecule has 0 fully saturated rings. The van der Waals surface area contributed by atoms with Crippen molar-refractivity contribution in [2.45, 2.75) is 25.7 Å². The molecule has 1 N–H and O–H groups in total. The Labute approximate surface area is 204 Å². The summed E-state index contributed by atoms with van der Waals surface area (Å²) < 4.78 is 15.4. The van der Waals surface area contributed by atoms with Crippen molar-refractivity contribution in [3.05, 3.63) is 76.6 Å². The number of hydrogen-bond acceptors (Lipinski definition) is 8. The molecule has 0 aliphatic heterocycles. The van der Waals surface area contributed by atoms with Crippen molar-refractivity contribution >= 4 is 11.9 Å². The van der Waals surface area contributed by atoms with E-state index in [1.807, 2.05) is 13.8 Å². The first-order valence-corrected chi connectivity index (χ1v) is 11.0. The number of hydrogen-bond donors (Lipinski definition) is 1. The van der Waals surface area contributed by atoms with Gasteiger partial charge in [-0.25, -0.2) is 4.79 Å². The highest BCUT2D eigenvalue weighted by atomic mass is 16.5. The van der Waals surface area contributed by atoms with Gasteiger partial charge in [0.05, 0.1) is 44.5 Å². The van der Waals surface area contributed by atoms with Crippen molar-refractivity contribution in [2.75, 3.05) is 20.8 Å². The Hall–Kier alpha value is -4.30. The summed E-state index contributed by atoms with van der Waals surface area (Å²) in [5.41, 5.74) is -0.495. The number of aryl methyl sites for hydroxylation is 1. The summed E-state index contributed by atoms with van der Waals surface area (Å²) in [6.07, 6.45) is 0. The number of benzene rings is 2. The number of esters is 2. The van der Waals surface area contributed by atoms with Crippen molar-refractivity contribution < 1.29 is 28.9 Å². The first-order valence-electron chi connectivity index (χ1n) is 11.0. The summed E-state index contributed by atoms with van der Waals surface area (Å²) in [5.74, 6) is -5.72. The number of rotatable bonds is 6. The molecule has 0 saturated carbocycles. The molecule has 0 spiro atoms. The molecule has 180 valence electrons. The van der Waals surface area contributed by atoms with Crippen LogP contribution in [0.5, 0.6) is 5.75 Å². The van der Waals surface area contributed by atoms with Gasteiger partial charge in [-0.2, -0.15) is 10.5 Å². The van der Waals surface area contributed by atoms with Gasteiger partial charge in [0.15, 0.2) is 5.41 Å². The van der Waals surface area contributed by atoms with E-state index in [9.17, 15) is 25.2 Å². The fourth-order valence-corrected chi connectivity index (χ4v) is 4.73. The van der Waals surface area contributed by atoms with Crippen LogP contribution >= 0.6 is 0 Å². The van der Waals surface area contributed by atoms with Gasteiger partial charge in [-0.05, 0) is 37.1 Å². The lowest BCUT2D eigenvalue weighted by atomic mass is 9.54. The van der Waals surface area contributed by atoms with E-state index in [0.717, 1.165) is 19.8 Å². The Bertz CT molecular complexity index is 1200. The second-order valence-corrected chi connectivity index (χ2v) is 8.21. The third-order valence-electron chi connectivity index (χ3n) is 6.33. The molecule has 0 amide bonds. The van der Waals surface area contributed by atoms with Crippen molar-refractivity contribution in [3.8, 4) is 17.9 Å². The van der Waals surface area contributed by atoms with Crippen LogP contribution in [-0.4, -0.2) is 37.9 Å². The Balaban J connectivity index is 2.42. The number of methoxy groups -OCH3 is 2. The van der Waals surface area contributed by atoms with Crippen molar-refractivity contribution in [1.82, 2.24) is 0 Å². The van der Waals surface area contributed by atoms with Crippen LogP contribution in [0.2, 0.25) is 0 Å². The lowest BCUT2D eigenvalue weighted by Crippen LogP contribution is -2.47. The molecule has 3 unspecified atom stereocenters. The maximum atomic E-state index is 13.0. The summed E-state index contributed by atoms with van der Waals surface area (Å²) in [7, 11) is 2.26. The minimum atomic E-state index is -1.98. The molecule has 2 aromatic rings. The highest BCUT2D eigenvalue weighted by Gasteiger charge is 2.61. The molecule has 0 aromatic heterocycles. The van der Waals surface area contributed by atoms with E-state index in [-0.39, 0.29) is 5.57 Å². The zero-order valence-corrected chi connectivity index (χ0v) is 19.9. The maximum absolute atomic E-state index is 13.0. The maximum Gasteiger partial charge on any atom is 0.337 e. The molecule has 3 atom stereocenters. The monoisotopic (exact) mass is 474 g/mol. The molecule has 8 heteroatoms. The van der Waals surface area contributed by atoms with E-state index >= 15 is 0 Å². The second-order valence-electron chi connectivity index (χ2n) is 8.21. The topological polar surface area (TPSA) is 130 Å². The van der Waals surface area contributed by atoms with E-state index in [0.29, 0.717) is 23.5 Å². The van der Waals surface area contributed by atoms with Crippen LogP contribution < -0.4 is 4.74 Å². The van der Waals surface area contributed by atoms with Crippen molar-refractivity contribution in [1.29, 1.82) is 10.5 Å². The molecule has 3 rings (SSSR count). The number of carbonyl (C=O) groups is 2. The fraction of sp³-hybridized carbons (Fsp3) is 0.333. The molecular weight excluding hydrogens is 448 g/mol. The van der Waals surface area contributed by atoms with Crippen LogP contribution in [0.3, 0.4) is 0 Å². The number of ether oxygens (including phenoxy) is 3. The van der Waals surface area contributed by atoms with E-state index in [1.54, 1.807) is 48.5 Å². The molecule has 0 saturated heterocycles. The van der Waals surface area contributed by atoms with E-state index in [4.69, 9.17) is 14.2 Å². The van der Waals surface area contributed by atoms with Crippen LogP contribution in [0.25, 0.3) is 0 Å². The first-order chi connectivity index (χ1) is 16.8. The van der Waals surface area contributed by atoms with Crippen LogP contribution in [0.4, 0.5) is 0 Å². The SMILES string of the molecule is CCOc1ccc(C2C(C(=O)OC)C(O)=C(C(=O)OC)C(c3ccc(C)cc3)C2(C#N)C#N)cc1. The highest BCUT2D eigenvalue weighted by molar-refractivity contribution is 5.94. The van der Waals surface area contributed by atoms with Crippen LogP contribution in [-0.2, 0) is 19.1 Å². The van der Waals surface area contributed by atoms with Crippen molar-refractivity contribution in [2.24, 2.45) is 11.3 Å². The molecule has 0 radical (unpaired) electrons. The van der Waals surface area contributed by atoms with E-state index in [1.165, 1.54) is 0 Å². The lowest BCUT2D eigenvalue weighted by molar-refractivity contribution is -0.147. The quantitative estimate of drug-likeness (QED) is 0.620. The molecule has 1 aliphatic rings. The summed E-state index contributed by atoms with van der Waals surface area (Å²) in [6, 6.07) is 17.7. The van der Waals surface area contributed by atoms with Gasteiger partial charge in [-0.3, -0.25) is 4.79 Å². The lowest BCUT2D eigenvalue weighted by Gasteiger charge is -2.44. The fourth-order valence-electron chi connectivity index (χ4n) is 4.73. The second kappa shape index (κ2) is 10.3. The Morgan fingerprint density at radius 3 is 2.03 bits per heavy atom. The van der Waals surface area contributed by atoms with Crippen LogP contribution in [0.15, 0.2) is 59.9 Å². The van der Waals surface area contributed by atoms with Gasteiger partial charge in [0, 0.05) is 5.92 Å². The molecular formula is C27H26N2O6.